The molecule has 1 aliphatic rings. The molecule has 1 aromatic heterocycles. The molecule has 24 heavy (non-hydrogen) atoms. The lowest BCUT2D eigenvalue weighted by Gasteiger charge is -2.24. The molecule has 0 spiro atoms. The van der Waals surface area contributed by atoms with Gasteiger partial charge in [-0.15, -0.1) is 5.10 Å². The molecule has 1 aliphatic heterocycles. The molecule has 124 valence electrons. The molecule has 0 radical (unpaired) electrons. The quantitative estimate of drug-likeness (QED) is 0.901. The summed E-state index contributed by atoms with van der Waals surface area (Å²) >= 11 is 0. The van der Waals surface area contributed by atoms with Crippen LogP contribution >= 0.6 is 0 Å². The number of allylic oxidation sites excluding steroid dienone is 1. The van der Waals surface area contributed by atoms with Crippen molar-refractivity contribution in [2.24, 2.45) is 5.73 Å². The minimum atomic E-state index is -0.316. The maximum absolute atomic E-state index is 9.59. The number of aromatic nitrogens is 2. The number of nitrogens with one attached hydrogen (secondary N) is 1. The van der Waals surface area contributed by atoms with E-state index in [9.17, 15) is 5.26 Å². The van der Waals surface area contributed by atoms with E-state index in [0.29, 0.717) is 24.0 Å². The third-order valence-corrected chi connectivity index (χ3v) is 4.24. The van der Waals surface area contributed by atoms with Crippen molar-refractivity contribution in [1.82, 2.24) is 10.2 Å². The molecule has 3 N–H and O–H groups in total. The maximum Gasteiger partial charge on any atom is 0.244 e. The van der Waals surface area contributed by atoms with Crippen LogP contribution in [0.4, 0.5) is 0 Å². The standard InChI is InChI=1S/C18H20N4O2/c1-10(2)11-4-6-12(7-5-11)15-13(8-19)17(20)24-18-16(15)14(9-23-3)21-22-18/h4-7,10,15H,9,20H2,1-3H3,(H,21,22). The average Bonchev–Trinajstić information content (AvgIpc) is 2.96. The number of ether oxygens (including phenoxy) is 2. The summed E-state index contributed by atoms with van der Waals surface area (Å²) in [6.45, 7) is 4.64. The van der Waals surface area contributed by atoms with Gasteiger partial charge < -0.3 is 15.2 Å². The Balaban J connectivity index is 2.13. The van der Waals surface area contributed by atoms with Gasteiger partial charge in [0.15, 0.2) is 0 Å². The zero-order valence-electron chi connectivity index (χ0n) is 14.0. The highest BCUT2D eigenvalue weighted by Gasteiger charge is 2.35. The van der Waals surface area contributed by atoms with Crippen LogP contribution in [0.3, 0.4) is 0 Å². The molecule has 1 unspecified atom stereocenters. The molecule has 0 aliphatic carbocycles. The number of hydrogen-bond acceptors (Lipinski definition) is 5. The SMILES string of the molecule is COCc1[nH]nc2c1C(c1ccc(C(C)C)cc1)C(C#N)=C(N)O2. The predicted molar refractivity (Wildman–Crippen MR) is 89.1 cm³/mol. The fourth-order valence-corrected chi connectivity index (χ4v) is 2.97. The minimum Gasteiger partial charge on any atom is -0.420 e. The first-order valence-electron chi connectivity index (χ1n) is 7.80. The molecule has 0 saturated heterocycles. The van der Waals surface area contributed by atoms with Crippen LogP contribution in [0, 0.1) is 11.3 Å². The first-order valence-corrected chi connectivity index (χ1v) is 7.80. The van der Waals surface area contributed by atoms with Crippen LogP contribution < -0.4 is 10.5 Å². The number of fused-ring (bicyclic) bond motifs is 1. The molecule has 2 aromatic rings. The van der Waals surface area contributed by atoms with E-state index in [2.05, 4.69) is 42.2 Å². The number of rotatable bonds is 4. The zero-order chi connectivity index (χ0) is 17.3. The van der Waals surface area contributed by atoms with E-state index in [0.717, 1.165) is 16.8 Å². The second kappa shape index (κ2) is 6.38. The lowest BCUT2D eigenvalue weighted by molar-refractivity contribution is 0.180. The van der Waals surface area contributed by atoms with Crippen molar-refractivity contribution in [3.63, 3.8) is 0 Å². The van der Waals surface area contributed by atoms with Gasteiger partial charge in [0.25, 0.3) is 0 Å². The number of nitriles is 1. The van der Waals surface area contributed by atoms with Gasteiger partial charge in [0.2, 0.25) is 11.8 Å². The number of aromatic amines is 1. The smallest absolute Gasteiger partial charge is 0.244 e. The van der Waals surface area contributed by atoms with E-state index in [4.69, 9.17) is 15.2 Å². The summed E-state index contributed by atoms with van der Waals surface area (Å²) in [4.78, 5) is 0. The molecule has 2 heterocycles. The van der Waals surface area contributed by atoms with Gasteiger partial charge in [0, 0.05) is 7.11 Å². The number of nitrogens with two attached hydrogens (primary N) is 1. The Morgan fingerprint density at radius 2 is 2.08 bits per heavy atom. The van der Waals surface area contributed by atoms with Gasteiger partial charge in [-0.1, -0.05) is 38.1 Å². The number of nitrogens with zero attached hydrogens (tertiary/aromatic N) is 2. The van der Waals surface area contributed by atoms with Crippen LogP contribution in [0.15, 0.2) is 35.7 Å². The van der Waals surface area contributed by atoms with Crippen LogP contribution in [0.2, 0.25) is 0 Å². The summed E-state index contributed by atoms with van der Waals surface area (Å²) in [5, 5.41) is 16.7. The molecule has 0 saturated carbocycles. The molecular formula is C18H20N4O2. The third-order valence-electron chi connectivity index (χ3n) is 4.24. The van der Waals surface area contributed by atoms with Crippen molar-refractivity contribution in [2.45, 2.75) is 32.3 Å². The van der Waals surface area contributed by atoms with Gasteiger partial charge in [0.05, 0.1) is 23.8 Å². The van der Waals surface area contributed by atoms with Gasteiger partial charge in [-0.25, -0.2) is 0 Å². The van der Waals surface area contributed by atoms with Gasteiger partial charge >= 0.3 is 0 Å². The van der Waals surface area contributed by atoms with Crippen LogP contribution in [-0.2, 0) is 11.3 Å². The van der Waals surface area contributed by atoms with Crippen molar-refractivity contribution in [2.75, 3.05) is 7.11 Å². The van der Waals surface area contributed by atoms with E-state index < -0.39 is 0 Å². The van der Waals surface area contributed by atoms with Crippen molar-refractivity contribution in [3.8, 4) is 11.9 Å². The molecule has 1 aromatic carbocycles. The highest BCUT2D eigenvalue weighted by Crippen LogP contribution is 2.43. The van der Waals surface area contributed by atoms with Crippen LogP contribution in [-0.4, -0.2) is 17.3 Å². The van der Waals surface area contributed by atoms with E-state index in [1.165, 1.54) is 5.56 Å². The molecule has 0 bridgehead atoms. The topological polar surface area (TPSA) is 97.0 Å². The first-order chi connectivity index (χ1) is 11.6. The summed E-state index contributed by atoms with van der Waals surface area (Å²) in [5.74, 6) is 0.622. The number of benzene rings is 1. The highest BCUT2D eigenvalue weighted by atomic mass is 16.5. The van der Waals surface area contributed by atoms with E-state index in [-0.39, 0.29) is 11.8 Å². The normalized spacial score (nSPS) is 16.7. The van der Waals surface area contributed by atoms with Crippen molar-refractivity contribution < 1.29 is 9.47 Å². The highest BCUT2D eigenvalue weighted by molar-refractivity contribution is 5.55. The summed E-state index contributed by atoms with van der Waals surface area (Å²) < 4.78 is 10.7. The molecule has 1 atom stereocenters. The third kappa shape index (κ3) is 2.63. The Hall–Kier alpha value is -2.78. The fourth-order valence-electron chi connectivity index (χ4n) is 2.97. The largest absolute Gasteiger partial charge is 0.420 e. The Labute approximate surface area is 140 Å². The molecular weight excluding hydrogens is 304 g/mol. The van der Waals surface area contributed by atoms with Crippen LogP contribution in [0.5, 0.6) is 5.88 Å². The Kier molecular flexibility index (Phi) is 4.28. The Bertz CT molecular complexity index is 813. The average molecular weight is 324 g/mol. The van der Waals surface area contributed by atoms with Gasteiger partial charge in [-0.3, -0.25) is 5.10 Å². The van der Waals surface area contributed by atoms with E-state index in [1.54, 1.807) is 7.11 Å². The monoisotopic (exact) mass is 324 g/mol. The number of hydrogen-bond donors (Lipinski definition) is 2. The number of methoxy groups -OCH3 is 1. The lowest BCUT2D eigenvalue weighted by Crippen LogP contribution is -2.21. The van der Waals surface area contributed by atoms with Gasteiger partial charge in [-0.05, 0) is 17.0 Å². The van der Waals surface area contributed by atoms with Gasteiger partial charge in [-0.2, -0.15) is 5.26 Å². The number of H-pyrrole nitrogens is 1. The Morgan fingerprint density at radius 3 is 2.67 bits per heavy atom. The maximum atomic E-state index is 9.59. The minimum absolute atomic E-state index is 0.0957. The molecule has 6 heteroatoms. The van der Waals surface area contributed by atoms with Crippen molar-refractivity contribution in [3.05, 3.63) is 58.1 Å². The molecule has 0 amide bonds. The summed E-state index contributed by atoms with van der Waals surface area (Å²) in [6.07, 6.45) is 0. The second-order valence-electron chi connectivity index (χ2n) is 6.10. The molecule has 3 rings (SSSR count). The van der Waals surface area contributed by atoms with Crippen LogP contribution in [0.1, 0.15) is 48.1 Å². The lowest BCUT2D eigenvalue weighted by atomic mass is 9.83. The Morgan fingerprint density at radius 1 is 1.38 bits per heavy atom. The first kappa shape index (κ1) is 16.1. The van der Waals surface area contributed by atoms with E-state index in [1.807, 2.05) is 12.1 Å². The van der Waals surface area contributed by atoms with Gasteiger partial charge in [0.1, 0.15) is 11.6 Å². The van der Waals surface area contributed by atoms with Crippen molar-refractivity contribution in [1.29, 1.82) is 5.26 Å². The molecule has 0 fully saturated rings. The van der Waals surface area contributed by atoms with E-state index >= 15 is 0 Å². The summed E-state index contributed by atoms with van der Waals surface area (Å²) in [6, 6.07) is 10.4. The fraction of sp³-hybridized carbons (Fsp3) is 0.333. The van der Waals surface area contributed by atoms with Crippen LogP contribution in [0.25, 0.3) is 0 Å². The zero-order valence-corrected chi connectivity index (χ0v) is 14.0. The summed E-state index contributed by atoms with van der Waals surface area (Å²) in [5.41, 5.74) is 10.1. The summed E-state index contributed by atoms with van der Waals surface area (Å²) in [7, 11) is 1.61. The molecule has 6 nitrogen and oxygen atoms in total. The predicted octanol–water partition coefficient (Wildman–Crippen LogP) is 2.90. The van der Waals surface area contributed by atoms with Crippen molar-refractivity contribution >= 4 is 0 Å². The second-order valence-corrected chi connectivity index (χ2v) is 6.10.